The van der Waals surface area contributed by atoms with Crippen molar-refractivity contribution in [3.8, 4) is 0 Å². The van der Waals surface area contributed by atoms with Crippen LogP contribution in [0.4, 0.5) is 5.69 Å². The molecular weight excluding hydrogens is 576 g/mol. The van der Waals surface area contributed by atoms with Gasteiger partial charge in [-0.15, -0.1) is 0 Å². The van der Waals surface area contributed by atoms with E-state index in [1.807, 2.05) is 69.3 Å². The molecule has 1 amide bonds. The second kappa shape index (κ2) is 16.3. The van der Waals surface area contributed by atoms with E-state index in [1.165, 1.54) is 0 Å². The zero-order valence-corrected chi connectivity index (χ0v) is 26.7. The van der Waals surface area contributed by atoms with Gasteiger partial charge in [-0.05, 0) is 76.3 Å². The van der Waals surface area contributed by atoms with Crippen LogP contribution in [0.2, 0.25) is 0 Å². The van der Waals surface area contributed by atoms with Gasteiger partial charge in [-0.3, -0.25) is 19.3 Å². The molecule has 0 aliphatic carbocycles. The zero-order valence-electron chi connectivity index (χ0n) is 26.7. The van der Waals surface area contributed by atoms with Crippen LogP contribution >= 0.6 is 0 Å². The second-order valence-corrected chi connectivity index (χ2v) is 13.0. The van der Waals surface area contributed by atoms with Crippen LogP contribution in [-0.2, 0) is 35.2 Å². The third-order valence-corrected chi connectivity index (χ3v) is 8.08. The number of rotatable bonds is 14. The number of carbonyl (C=O) groups is 3. The fourth-order valence-electron chi connectivity index (χ4n) is 5.88. The predicted molar refractivity (Wildman–Crippen MR) is 169 cm³/mol. The third kappa shape index (κ3) is 10.9. The Bertz CT molecular complexity index is 1280. The Balaban J connectivity index is 1.44. The van der Waals surface area contributed by atoms with E-state index in [0.29, 0.717) is 37.9 Å². The number of nitrogens with zero attached hydrogens (tertiary/aromatic N) is 1. The third-order valence-electron chi connectivity index (χ3n) is 8.08. The average molecular weight is 625 g/mol. The first kappa shape index (κ1) is 34.6. The monoisotopic (exact) mass is 624 g/mol. The van der Waals surface area contributed by atoms with Gasteiger partial charge in [-0.1, -0.05) is 49.2 Å². The van der Waals surface area contributed by atoms with Gasteiger partial charge >= 0.3 is 11.9 Å². The van der Waals surface area contributed by atoms with Crippen LogP contribution < -0.4 is 5.32 Å². The Hall–Kier alpha value is -3.31. The molecule has 4 rings (SSSR count). The van der Waals surface area contributed by atoms with Gasteiger partial charge in [-0.2, -0.15) is 0 Å². The number of anilines is 1. The summed E-state index contributed by atoms with van der Waals surface area (Å²) in [7, 11) is 0. The van der Waals surface area contributed by atoms with Gasteiger partial charge in [0, 0.05) is 37.1 Å². The SMILES string of the molecule is CC(C)(C)OC(=O)C1CCCN1CC1CC(c2ccc(CO)cc2)OC(c2cccc(NC(=O)CCCCCCC(=O)O)c2)O1. The number of aliphatic hydroxyl groups is 1. The minimum Gasteiger partial charge on any atom is -0.481 e. The maximum atomic E-state index is 13.0. The Morgan fingerprint density at radius 2 is 1.71 bits per heavy atom. The smallest absolute Gasteiger partial charge is 0.323 e. The maximum Gasteiger partial charge on any atom is 0.323 e. The highest BCUT2D eigenvalue weighted by Gasteiger charge is 2.39. The summed E-state index contributed by atoms with van der Waals surface area (Å²) in [5.74, 6) is -1.10. The Morgan fingerprint density at radius 3 is 2.40 bits per heavy atom. The summed E-state index contributed by atoms with van der Waals surface area (Å²) < 4.78 is 18.7. The molecule has 10 heteroatoms. The molecule has 2 heterocycles. The molecule has 4 unspecified atom stereocenters. The number of aliphatic carboxylic acids is 1. The van der Waals surface area contributed by atoms with Crippen LogP contribution in [0.3, 0.4) is 0 Å². The first-order valence-electron chi connectivity index (χ1n) is 16.1. The Labute approximate surface area is 266 Å². The van der Waals surface area contributed by atoms with Gasteiger partial charge in [0.15, 0.2) is 6.29 Å². The number of hydrogen-bond acceptors (Lipinski definition) is 8. The maximum absolute atomic E-state index is 13.0. The van der Waals surface area contributed by atoms with Crippen molar-refractivity contribution >= 4 is 23.5 Å². The average Bonchev–Trinajstić information content (AvgIpc) is 3.46. The topological polar surface area (TPSA) is 135 Å². The van der Waals surface area contributed by atoms with Crippen LogP contribution in [0.25, 0.3) is 0 Å². The normalized spacial score (nSPS) is 22.2. The molecule has 2 aliphatic rings. The molecule has 10 nitrogen and oxygen atoms in total. The number of carboxylic acid groups (broad SMARTS) is 1. The van der Waals surface area contributed by atoms with Crippen LogP contribution in [-0.4, -0.2) is 63.8 Å². The summed E-state index contributed by atoms with van der Waals surface area (Å²) >= 11 is 0. The number of unbranched alkanes of at least 4 members (excludes halogenated alkanes) is 3. The van der Waals surface area contributed by atoms with Gasteiger partial charge in [-0.25, -0.2) is 0 Å². The first-order valence-corrected chi connectivity index (χ1v) is 16.1. The summed E-state index contributed by atoms with van der Waals surface area (Å²) in [6, 6.07) is 14.9. The summed E-state index contributed by atoms with van der Waals surface area (Å²) in [6.45, 7) is 6.94. The van der Waals surface area contributed by atoms with E-state index in [9.17, 15) is 19.5 Å². The van der Waals surface area contributed by atoms with E-state index in [-0.39, 0.29) is 43.2 Å². The summed E-state index contributed by atoms with van der Waals surface area (Å²) in [5, 5.41) is 21.2. The molecule has 2 fully saturated rings. The quantitative estimate of drug-likeness (QED) is 0.174. The number of aliphatic hydroxyl groups excluding tert-OH is 1. The zero-order chi connectivity index (χ0) is 32.4. The highest BCUT2D eigenvalue weighted by Crippen LogP contribution is 2.39. The number of hydrogen-bond donors (Lipinski definition) is 3. The van der Waals surface area contributed by atoms with Gasteiger partial charge in [0.1, 0.15) is 11.6 Å². The molecule has 2 aliphatic heterocycles. The summed E-state index contributed by atoms with van der Waals surface area (Å²) in [6.07, 6.45) is 4.47. The molecule has 0 bridgehead atoms. The number of benzene rings is 2. The molecule has 0 spiro atoms. The van der Waals surface area contributed by atoms with Gasteiger partial charge in [0.05, 0.1) is 18.8 Å². The van der Waals surface area contributed by atoms with E-state index in [4.69, 9.17) is 19.3 Å². The molecule has 45 heavy (non-hydrogen) atoms. The van der Waals surface area contributed by atoms with Crippen molar-refractivity contribution in [2.24, 2.45) is 0 Å². The molecule has 0 saturated carbocycles. The second-order valence-electron chi connectivity index (χ2n) is 13.0. The first-order chi connectivity index (χ1) is 21.5. The van der Waals surface area contributed by atoms with E-state index < -0.39 is 17.9 Å². The molecule has 4 atom stereocenters. The number of likely N-dealkylation sites (tertiary alicyclic amines) is 1. The summed E-state index contributed by atoms with van der Waals surface area (Å²) in [5.41, 5.74) is 2.66. The van der Waals surface area contributed by atoms with E-state index in [1.54, 1.807) is 0 Å². The summed E-state index contributed by atoms with van der Waals surface area (Å²) in [4.78, 5) is 38.4. The standard InChI is InChI=1S/C35H48N2O8/c1-35(2,3)45-33(42)29-12-9-19-37(29)22-28-21-30(25-17-15-24(23-38)16-18-25)44-34(43-28)26-10-8-11-27(20-26)36-31(39)13-6-4-5-7-14-32(40)41/h8,10-11,15-18,20,28-30,34,38H,4-7,9,12-14,19,21-23H2,1-3H3,(H,36,39)(H,40,41). The Morgan fingerprint density at radius 1 is 0.978 bits per heavy atom. The van der Waals surface area contributed by atoms with Crippen molar-refractivity contribution in [1.82, 2.24) is 4.90 Å². The Kier molecular flexibility index (Phi) is 12.5. The number of carbonyl (C=O) groups excluding carboxylic acids is 2. The van der Waals surface area contributed by atoms with Crippen molar-refractivity contribution in [2.45, 2.75) is 115 Å². The fraction of sp³-hybridized carbons (Fsp3) is 0.571. The van der Waals surface area contributed by atoms with Crippen LogP contribution in [0, 0.1) is 0 Å². The molecule has 0 radical (unpaired) electrons. The molecular formula is C35H48N2O8. The largest absolute Gasteiger partial charge is 0.481 e. The highest BCUT2D eigenvalue weighted by atomic mass is 16.7. The fourth-order valence-corrected chi connectivity index (χ4v) is 5.88. The van der Waals surface area contributed by atoms with Crippen molar-refractivity contribution in [2.75, 3.05) is 18.4 Å². The number of carboxylic acids is 1. The molecule has 0 aromatic heterocycles. The lowest BCUT2D eigenvalue weighted by molar-refractivity contribution is -0.253. The lowest BCUT2D eigenvalue weighted by Gasteiger charge is -2.38. The number of amides is 1. The number of ether oxygens (including phenoxy) is 3. The molecule has 2 saturated heterocycles. The predicted octanol–water partition coefficient (Wildman–Crippen LogP) is 5.89. The number of esters is 1. The van der Waals surface area contributed by atoms with Gasteiger partial charge < -0.3 is 29.7 Å². The van der Waals surface area contributed by atoms with Gasteiger partial charge in [0.25, 0.3) is 0 Å². The van der Waals surface area contributed by atoms with E-state index >= 15 is 0 Å². The van der Waals surface area contributed by atoms with Crippen LogP contribution in [0.1, 0.15) is 108 Å². The minimum atomic E-state index is -0.795. The van der Waals surface area contributed by atoms with E-state index in [2.05, 4.69) is 10.2 Å². The number of nitrogens with one attached hydrogen (secondary N) is 1. The van der Waals surface area contributed by atoms with Crippen molar-refractivity contribution in [1.29, 1.82) is 0 Å². The van der Waals surface area contributed by atoms with Gasteiger partial charge in [0.2, 0.25) is 5.91 Å². The lowest BCUT2D eigenvalue weighted by atomic mass is 9.99. The van der Waals surface area contributed by atoms with Crippen molar-refractivity contribution < 1.29 is 38.8 Å². The molecule has 2 aromatic rings. The molecule has 3 N–H and O–H groups in total. The molecule has 246 valence electrons. The van der Waals surface area contributed by atoms with Crippen molar-refractivity contribution in [3.63, 3.8) is 0 Å². The van der Waals surface area contributed by atoms with E-state index in [0.717, 1.165) is 48.9 Å². The highest BCUT2D eigenvalue weighted by molar-refractivity contribution is 5.90. The lowest BCUT2D eigenvalue weighted by Crippen LogP contribution is -2.45. The minimum absolute atomic E-state index is 0.0373. The van der Waals surface area contributed by atoms with Crippen LogP contribution in [0.15, 0.2) is 48.5 Å². The van der Waals surface area contributed by atoms with Crippen LogP contribution in [0.5, 0.6) is 0 Å². The molecule has 2 aromatic carbocycles. The van der Waals surface area contributed by atoms with Crippen molar-refractivity contribution in [3.05, 3.63) is 65.2 Å².